The summed E-state index contributed by atoms with van der Waals surface area (Å²) in [6.07, 6.45) is 0. The molecule has 2 aromatic carbocycles. The molecule has 6 heteroatoms. The maximum absolute atomic E-state index is 11.8. The van der Waals surface area contributed by atoms with Crippen molar-refractivity contribution in [3.8, 4) is 0 Å². The Kier molecular flexibility index (Phi) is 7.17. The number of thiophene rings is 1. The Balaban J connectivity index is 1.70. The average molecular weight is 411 g/mol. The summed E-state index contributed by atoms with van der Waals surface area (Å²) < 4.78 is 5.02. The van der Waals surface area contributed by atoms with Gasteiger partial charge in [0.1, 0.15) is 0 Å². The number of anilines is 1. The number of thiocarbonyl (C=S) groups is 1. The lowest BCUT2D eigenvalue weighted by molar-refractivity contribution is 0.0526. The van der Waals surface area contributed by atoms with Crippen LogP contribution in [0.4, 0.5) is 5.69 Å². The number of benzene rings is 2. The summed E-state index contributed by atoms with van der Waals surface area (Å²) in [7, 11) is 0. The molecule has 0 radical (unpaired) electrons. The van der Waals surface area contributed by atoms with Crippen LogP contribution in [0.15, 0.2) is 72.1 Å². The molecule has 0 amide bonds. The molecule has 0 saturated carbocycles. The van der Waals surface area contributed by atoms with Crippen molar-refractivity contribution >= 4 is 40.3 Å². The van der Waals surface area contributed by atoms with E-state index in [0.29, 0.717) is 23.8 Å². The van der Waals surface area contributed by atoms with Crippen LogP contribution in [-0.4, -0.2) is 22.6 Å². The number of nitrogens with one attached hydrogen (secondary N) is 1. The Labute approximate surface area is 174 Å². The number of ether oxygens (including phenoxy) is 1. The normalized spacial score (nSPS) is 10.3. The molecule has 144 valence electrons. The van der Waals surface area contributed by atoms with E-state index in [9.17, 15) is 4.79 Å². The maximum Gasteiger partial charge on any atom is 0.338 e. The maximum atomic E-state index is 11.8. The first-order valence-electron chi connectivity index (χ1n) is 9.05. The van der Waals surface area contributed by atoms with Crippen LogP contribution in [-0.2, 0) is 17.8 Å². The van der Waals surface area contributed by atoms with E-state index in [-0.39, 0.29) is 5.97 Å². The molecule has 3 rings (SSSR count). The van der Waals surface area contributed by atoms with Gasteiger partial charge in [-0.2, -0.15) is 0 Å². The number of hydrogen-bond donors (Lipinski definition) is 1. The first-order chi connectivity index (χ1) is 13.7. The molecule has 1 heterocycles. The summed E-state index contributed by atoms with van der Waals surface area (Å²) >= 11 is 7.40. The van der Waals surface area contributed by atoms with Crippen molar-refractivity contribution in [2.45, 2.75) is 20.0 Å². The fourth-order valence-corrected chi connectivity index (χ4v) is 3.67. The standard InChI is InChI=1S/C22H22N2O2S2/c1-2-26-21(25)18-10-12-19(13-11-18)23-22(27)24(16-20-9-6-14-28-20)15-17-7-4-3-5-8-17/h3-14H,2,15-16H2,1H3,(H,23,27). The van der Waals surface area contributed by atoms with E-state index in [0.717, 1.165) is 12.2 Å². The van der Waals surface area contributed by atoms with Gasteiger partial charge in [0.2, 0.25) is 0 Å². The molecule has 0 aliphatic rings. The molecule has 1 aromatic heterocycles. The first kappa shape index (κ1) is 20.0. The molecular formula is C22H22N2O2S2. The van der Waals surface area contributed by atoms with Gasteiger partial charge in [0, 0.05) is 17.1 Å². The third-order valence-electron chi connectivity index (χ3n) is 4.08. The third kappa shape index (κ3) is 5.65. The van der Waals surface area contributed by atoms with Crippen LogP contribution in [0.2, 0.25) is 0 Å². The average Bonchev–Trinajstić information content (AvgIpc) is 3.22. The van der Waals surface area contributed by atoms with Gasteiger partial charge in [0.25, 0.3) is 0 Å². The zero-order chi connectivity index (χ0) is 19.8. The van der Waals surface area contributed by atoms with E-state index in [2.05, 4.69) is 33.8 Å². The number of esters is 1. The van der Waals surface area contributed by atoms with Gasteiger partial charge in [-0.15, -0.1) is 11.3 Å². The molecule has 4 nitrogen and oxygen atoms in total. The summed E-state index contributed by atoms with van der Waals surface area (Å²) in [6, 6.07) is 21.6. The lowest BCUT2D eigenvalue weighted by Crippen LogP contribution is -2.33. The second kappa shape index (κ2) is 10.0. The minimum absolute atomic E-state index is 0.319. The fraction of sp³-hybridized carbons (Fsp3) is 0.182. The van der Waals surface area contributed by atoms with Gasteiger partial charge in [-0.05, 0) is 60.4 Å². The Bertz CT molecular complexity index is 894. The summed E-state index contributed by atoms with van der Waals surface area (Å²) in [5, 5.41) is 5.99. The van der Waals surface area contributed by atoms with Gasteiger partial charge in [-0.1, -0.05) is 36.4 Å². The Morgan fingerprint density at radius 2 is 1.79 bits per heavy atom. The number of nitrogens with zero attached hydrogens (tertiary/aromatic N) is 1. The quantitative estimate of drug-likeness (QED) is 0.421. The number of hydrogen-bond acceptors (Lipinski definition) is 4. The summed E-state index contributed by atoms with van der Waals surface area (Å²) in [5.41, 5.74) is 2.56. The zero-order valence-electron chi connectivity index (χ0n) is 15.6. The van der Waals surface area contributed by atoms with Gasteiger partial charge in [-0.3, -0.25) is 0 Å². The molecule has 0 unspecified atom stereocenters. The van der Waals surface area contributed by atoms with Gasteiger partial charge in [0.15, 0.2) is 5.11 Å². The van der Waals surface area contributed by atoms with E-state index in [1.807, 2.05) is 36.4 Å². The molecule has 0 aliphatic heterocycles. The van der Waals surface area contributed by atoms with Crippen LogP contribution in [0.3, 0.4) is 0 Å². The van der Waals surface area contributed by atoms with Crippen molar-refractivity contribution in [3.63, 3.8) is 0 Å². The van der Waals surface area contributed by atoms with Crippen LogP contribution in [0.25, 0.3) is 0 Å². The van der Waals surface area contributed by atoms with E-state index in [1.54, 1.807) is 30.4 Å². The zero-order valence-corrected chi connectivity index (χ0v) is 17.3. The molecule has 0 fully saturated rings. The van der Waals surface area contributed by atoms with Crippen molar-refractivity contribution in [2.75, 3.05) is 11.9 Å². The van der Waals surface area contributed by atoms with Crippen LogP contribution < -0.4 is 5.32 Å². The lowest BCUT2D eigenvalue weighted by Gasteiger charge is -2.25. The van der Waals surface area contributed by atoms with E-state index >= 15 is 0 Å². The topological polar surface area (TPSA) is 41.6 Å². The van der Waals surface area contributed by atoms with Gasteiger partial charge < -0.3 is 15.0 Å². The first-order valence-corrected chi connectivity index (χ1v) is 10.3. The lowest BCUT2D eigenvalue weighted by atomic mass is 10.2. The van der Waals surface area contributed by atoms with Gasteiger partial charge >= 0.3 is 5.97 Å². The Morgan fingerprint density at radius 1 is 1.04 bits per heavy atom. The van der Waals surface area contributed by atoms with Crippen molar-refractivity contribution in [3.05, 3.63) is 88.1 Å². The molecule has 1 N–H and O–H groups in total. The highest BCUT2D eigenvalue weighted by atomic mass is 32.1. The molecular weight excluding hydrogens is 388 g/mol. The van der Waals surface area contributed by atoms with Gasteiger partial charge in [0.05, 0.1) is 18.7 Å². The summed E-state index contributed by atoms with van der Waals surface area (Å²) in [4.78, 5) is 15.2. The smallest absolute Gasteiger partial charge is 0.338 e. The molecule has 0 saturated heterocycles. The second-order valence-electron chi connectivity index (χ2n) is 6.15. The van der Waals surface area contributed by atoms with Gasteiger partial charge in [-0.25, -0.2) is 4.79 Å². The fourth-order valence-electron chi connectivity index (χ4n) is 2.70. The van der Waals surface area contributed by atoms with E-state index < -0.39 is 0 Å². The minimum atomic E-state index is -0.319. The van der Waals surface area contributed by atoms with Crippen molar-refractivity contribution in [1.82, 2.24) is 4.90 Å². The molecule has 0 atom stereocenters. The Hall–Kier alpha value is -2.70. The molecule has 28 heavy (non-hydrogen) atoms. The van der Waals surface area contributed by atoms with E-state index in [4.69, 9.17) is 17.0 Å². The van der Waals surface area contributed by atoms with Crippen molar-refractivity contribution in [2.24, 2.45) is 0 Å². The molecule has 0 spiro atoms. The number of carbonyl (C=O) groups excluding carboxylic acids is 1. The number of rotatable bonds is 7. The van der Waals surface area contributed by atoms with Crippen molar-refractivity contribution in [1.29, 1.82) is 0 Å². The highest BCUT2D eigenvalue weighted by Crippen LogP contribution is 2.17. The Morgan fingerprint density at radius 3 is 2.43 bits per heavy atom. The highest BCUT2D eigenvalue weighted by molar-refractivity contribution is 7.80. The summed E-state index contributed by atoms with van der Waals surface area (Å²) in [6.45, 7) is 3.60. The number of carbonyl (C=O) groups is 1. The minimum Gasteiger partial charge on any atom is -0.462 e. The van der Waals surface area contributed by atoms with Crippen LogP contribution in [0.5, 0.6) is 0 Å². The van der Waals surface area contributed by atoms with E-state index in [1.165, 1.54) is 10.4 Å². The predicted molar refractivity (Wildman–Crippen MR) is 119 cm³/mol. The second-order valence-corrected chi connectivity index (χ2v) is 7.57. The highest BCUT2D eigenvalue weighted by Gasteiger charge is 2.13. The molecule has 3 aromatic rings. The van der Waals surface area contributed by atoms with Crippen LogP contribution in [0, 0.1) is 0 Å². The molecule has 0 aliphatic carbocycles. The van der Waals surface area contributed by atoms with Crippen LogP contribution >= 0.6 is 23.6 Å². The summed E-state index contributed by atoms with van der Waals surface area (Å²) in [5.74, 6) is -0.319. The largest absolute Gasteiger partial charge is 0.462 e. The van der Waals surface area contributed by atoms with Crippen molar-refractivity contribution < 1.29 is 9.53 Å². The third-order valence-corrected chi connectivity index (χ3v) is 5.30. The van der Waals surface area contributed by atoms with Crippen LogP contribution in [0.1, 0.15) is 27.7 Å². The SMILES string of the molecule is CCOC(=O)c1ccc(NC(=S)N(Cc2ccccc2)Cc2cccs2)cc1. The monoisotopic (exact) mass is 410 g/mol. The molecule has 0 bridgehead atoms. The predicted octanol–water partition coefficient (Wildman–Crippen LogP) is 5.32.